The molecule has 6 nitrogen and oxygen atoms in total. The number of alkyl halides is 1. The van der Waals surface area contributed by atoms with Gasteiger partial charge in [0.1, 0.15) is 12.8 Å². The first kappa shape index (κ1) is 15.7. The summed E-state index contributed by atoms with van der Waals surface area (Å²) in [6, 6.07) is 6.58. The van der Waals surface area contributed by atoms with E-state index < -0.39 is 18.8 Å². The van der Waals surface area contributed by atoms with Crippen molar-refractivity contribution in [3.63, 3.8) is 0 Å². The molecular weight excluding hydrogens is 277 g/mol. The van der Waals surface area contributed by atoms with Gasteiger partial charge in [0.25, 0.3) is 0 Å². The molecule has 1 aliphatic heterocycles. The molecule has 0 saturated carbocycles. The first-order valence-electron chi connectivity index (χ1n) is 6.72. The molecule has 0 N–H and O–H groups in total. The van der Waals surface area contributed by atoms with Gasteiger partial charge in [-0.15, -0.1) is 0 Å². The van der Waals surface area contributed by atoms with Gasteiger partial charge in [-0.25, -0.2) is 0 Å². The average Bonchev–Trinajstić information content (AvgIpc) is 2.56. The van der Waals surface area contributed by atoms with Crippen molar-refractivity contribution in [3.8, 4) is 0 Å². The van der Waals surface area contributed by atoms with Gasteiger partial charge in [0, 0.05) is 12.0 Å². The fourth-order valence-corrected chi connectivity index (χ4v) is 2.33. The normalized spacial score (nSPS) is 21.3. The van der Waals surface area contributed by atoms with Crippen LogP contribution >= 0.6 is 0 Å². The first-order valence-corrected chi connectivity index (χ1v) is 6.72. The van der Waals surface area contributed by atoms with Crippen LogP contribution in [-0.2, 0) is 14.2 Å². The minimum atomic E-state index is -0.875. The summed E-state index contributed by atoms with van der Waals surface area (Å²) in [6.45, 7) is 0.946. The second-order valence-electron chi connectivity index (χ2n) is 4.68. The first-order chi connectivity index (χ1) is 10.3. The Morgan fingerprint density at radius 1 is 1.43 bits per heavy atom. The molecule has 1 unspecified atom stereocenters. The number of halogens is 1. The number of hydrogen-bond donors (Lipinski definition) is 0. The zero-order valence-corrected chi connectivity index (χ0v) is 11.8. The maximum absolute atomic E-state index is 13.0. The van der Waals surface area contributed by atoms with Gasteiger partial charge in [0.15, 0.2) is 0 Å². The third kappa shape index (κ3) is 3.92. The Labute approximate surface area is 122 Å². The number of hydrogen-bond acceptors (Lipinski definition) is 4. The predicted octanol–water partition coefficient (Wildman–Crippen LogP) is 3.11. The van der Waals surface area contributed by atoms with E-state index in [9.17, 15) is 4.39 Å². The molecule has 7 heteroatoms. The molecule has 1 aromatic rings. The molecule has 1 fully saturated rings. The van der Waals surface area contributed by atoms with Gasteiger partial charge < -0.3 is 14.2 Å². The number of rotatable bonds is 6. The summed E-state index contributed by atoms with van der Waals surface area (Å²) in [7, 11) is 1.46. The maximum atomic E-state index is 13.0. The number of nitrogens with zero attached hydrogens (tertiary/aromatic N) is 3. The zero-order valence-electron chi connectivity index (χ0n) is 11.8. The topological polar surface area (TPSA) is 76.5 Å². The lowest BCUT2D eigenvalue weighted by molar-refractivity contribution is -0.0901. The van der Waals surface area contributed by atoms with Gasteiger partial charge in [0.05, 0.1) is 32.0 Å². The minimum Gasteiger partial charge on any atom is -0.376 e. The lowest BCUT2D eigenvalue weighted by Crippen LogP contribution is -2.22. The zero-order chi connectivity index (χ0) is 15.1. The fourth-order valence-electron chi connectivity index (χ4n) is 2.33. The van der Waals surface area contributed by atoms with Crippen molar-refractivity contribution in [2.45, 2.75) is 18.2 Å². The summed E-state index contributed by atoms with van der Waals surface area (Å²) in [6.07, 6.45) is -0.689. The summed E-state index contributed by atoms with van der Waals surface area (Å²) >= 11 is 0. The van der Waals surface area contributed by atoms with Crippen LogP contribution in [0.2, 0.25) is 0 Å². The second-order valence-corrected chi connectivity index (χ2v) is 4.68. The third-order valence-electron chi connectivity index (χ3n) is 3.41. The van der Waals surface area contributed by atoms with Gasteiger partial charge in [-0.3, -0.25) is 4.39 Å². The fraction of sp³-hybridized carbons (Fsp3) is 0.571. The molecule has 3 atom stereocenters. The SMILES string of the molecule is CO[C@H](c1ccc(C2COCCO2)cc1)[C@@H](CF)N=[N+]=[N-]. The van der Waals surface area contributed by atoms with Gasteiger partial charge in [-0.05, 0) is 16.7 Å². The molecule has 21 heavy (non-hydrogen) atoms. The highest BCUT2D eigenvalue weighted by molar-refractivity contribution is 5.27. The molecular formula is C14H18FN3O3. The largest absolute Gasteiger partial charge is 0.376 e. The summed E-state index contributed by atoms with van der Waals surface area (Å²) in [5, 5.41) is 3.44. The Morgan fingerprint density at radius 2 is 2.19 bits per heavy atom. The van der Waals surface area contributed by atoms with E-state index in [-0.39, 0.29) is 6.10 Å². The second kappa shape index (κ2) is 7.95. The summed E-state index contributed by atoms with van der Waals surface area (Å²) in [5.74, 6) is 0. The van der Waals surface area contributed by atoms with Crippen LogP contribution in [0.25, 0.3) is 10.4 Å². The lowest BCUT2D eigenvalue weighted by Gasteiger charge is -2.24. The van der Waals surface area contributed by atoms with E-state index in [2.05, 4.69) is 10.0 Å². The number of ether oxygens (including phenoxy) is 3. The molecule has 1 aliphatic rings. The predicted molar refractivity (Wildman–Crippen MR) is 74.6 cm³/mol. The quantitative estimate of drug-likeness (QED) is 0.459. The van der Waals surface area contributed by atoms with Gasteiger partial charge in [0.2, 0.25) is 0 Å². The van der Waals surface area contributed by atoms with Crippen molar-refractivity contribution < 1.29 is 18.6 Å². The van der Waals surface area contributed by atoms with Crippen molar-refractivity contribution in [1.29, 1.82) is 0 Å². The smallest absolute Gasteiger partial charge is 0.106 e. The molecule has 0 bridgehead atoms. The highest BCUT2D eigenvalue weighted by atomic mass is 19.1. The van der Waals surface area contributed by atoms with Crippen molar-refractivity contribution in [1.82, 2.24) is 0 Å². The molecule has 1 saturated heterocycles. The van der Waals surface area contributed by atoms with Crippen LogP contribution in [0.5, 0.6) is 0 Å². The Bertz CT molecular complexity index is 485. The third-order valence-corrected chi connectivity index (χ3v) is 3.41. The van der Waals surface area contributed by atoms with E-state index in [1.807, 2.05) is 24.3 Å². The van der Waals surface area contributed by atoms with E-state index >= 15 is 0 Å². The summed E-state index contributed by atoms with van der Waals surface area (Å²) in [4.78, 5) is 2.66. The van der Waals surface area contributed by atoms with Crippen LogP contribution in [0.4, 0.5) is 4.39 Å². The summed E-state index contributed by atoms with van der Waals surface area (Å²) in [5.41, 5.74) is 10.2. The standard InChI is InChI=1S/C14H18FN3O3/c1-19-14(12(8-15)17-18-16)11-4-2-10(3-5-11)13-9-20-6-7-21-13/h2-5,12-14H,6-9H2,1H3/t12-,13?,14-/m1/s1. The summed E-state index contributed by atoms with van der Waals surface area (Å²) < 4.78 is 29.2. The Kier molecular flexibility index (Phi) is 5.95. The Morgan fingerprint density at radius 3 is 2.71 bits per heavy atom. The Balaban J connectivity index is 2.13. The van der Waals surface area contributed by atoms with Gasteiger partial charge >= 0.3 is 0 Å². The van der Waals surface area contributed by atoms with E-state index in [0.717, 1.165) is 11.1 Å². The Hall–Kier alpha value is -1.66. The van der Waals surface area contributed by atoms with Crippen molar-refractivity contribution >= 4 is 0 Å². The van der Waals surface area contributed by atoms with Crippen molar-refractivity contribution in [2.24, 2.45) is 5.11 Å². The van der Waals surface area contributed by atoms with E-state index in [1.54, 1.807) is 0 Å². The van der Waals surface area contributed by atoms with Crippen LogP contribution in [0.15, 0.2) is 29.4 Å². The van der Waals surface area contributed by atoms with Crippen LogP contribution in [0.3, 0.4) is 0 Å². The van der Waals surface area contributed by atoms with Gasteiger partial charge in [-0.1, -0.05) is 29.4 Å². The molecule has 2 rings (SSSR count). The van der Waals surface area contributed by atoms with Crippen LogP contribution < -0.4 is 0 Å². The molecule has 0 aromatic heterocycles. The molecule has 0 amide bonds. The van der Waals surface area contributed by atoms with Gasteiger partial charge in [-0.2, -0.15) is 0 Å². The molecule has 1 heterocycles. The highest BCUT2D eigenvalue weighted by Gasteiger charge is 2.23. The van der Waals surface area contributed by atoms with Crippen molar-refractivity contribution in [2.75, 3.05) is 33.6 Å². The van der Waals surface area contributed by atoms with Crippen LogP contribution in [0.1, 0.15) is 23.3 Å². The highest BCUT2D eigenvalue weighted by Crippen LogP contribution is 2.27. The van der Waals surface area contributed by atoms with E-state index in [0.29, 0.717) is 19.8 Å². The van der Waals surface area contributed by atoms with E-state index in [4.69, 9.17) is 19.7 Å². The molecule has 1 aromatic carbocycles. The molecule has 0 spiro atoms. The molecule has 114 valence electrons. The van der Waals surface area contributed by atoms with Crippen LogP contribution in [-0.4, -0.2) is 39.6 Å². The maximum Gasteiger partial charge on any atom is 0.106 e. The number of benzene rings is 1. The van der Waals surface area contributed by atoms with Crippen molar-refractivity contribution in [3.05, 3.63) is 45.8 Å². The molecule has 0 aliphatic carbocycles. The van der Waals surface area contributed by atoms with Crippen LogP contribution in [0, 0.1) is 0 Å². The monoisotopic (exact) mass is 295 g/mol. The average molecular weight is 295 g/mol. The number of methoxy groups -OCH3 is 1. The number of azide groups is 1. The lowest BCUT2D eigenvalue weighted by atomic mass is 10.00. The molecule has 0 radical (unpaired) electrons. The minimum absolute atomic E-state index is 0.0807. The van der Waals surface area contributed by atoms with E-state index in [1.165, 1.54) is 7.11 Å².